The molecule has 63 heavy (non-hydrogen) atoms. The fourth-order valence-corrected chi connectivity index (χ4v) is 8.95. The van der Waals surface area contributed by atoms with E-state index in [0.29, 0.717) is 13.0 Å². The molecule has 12 nitrogen and oxygen atoms in total. The molecule has 1 aliphatic carbocycles. The van der Waals surface area contributed by atoms with Crippen molar-refractivity contribution in [3.05, 3.63) is 24.3 Å². The van der Waals surface area contributed by atoms with Gasteiger partial charge in [0.2, 0.25) is 0 Å². The number of aliphatic hydroxyl groups is 5. The summed E-state index contributed by atoms with van der Waals surface area (Å²) in [7, 11) is -5.02. The fourth-order valence-electron chi connectivity index (χ4n) is 7.98. The van der Waals surface area contributed by atoms with E-state index in [1.165, 1.54) is 141 Å². The highest BCUT2D eigenvalue weighted by Gasteiger charge is 2.51. The lowest BCUT2D eigenvalue weighted by molar-refractivity contribution is -0.220. The van der Waals surface area contributed by atoms with Crippen LogP contribution in [0.3, 0.4) is 0 Å². The summed E-state index contributed by atoms with van der Waals surface area (Å²) in [6, 6.07) is 0. The molecule has 0 saturated heterocycles. The molecule has 6 N–H and O–H groups in total. The SMILES string of the molecule is CCCCCC/C=C\C/C=C\CCCCCCCCOCC(COP(=O)(O)OC1C(O)C(O)C(O)C(O)C1O)OC(=O)CCCCCCCCCCCCCCCCCCCCC. The summed E-state index contributed by atoms with van der Waals surface area (Å²) < 4.78 is 34.3. The monoisotopic (exact) mass is 919 g/mol. The first-order valence-corrected chi connectivity index (χ1v) is 27.2. The molecular formula is C50H95O12P. The van der Waals surface area contributed by atoms with Crippen molar-refractivity contribution < 1.29 is 58.3 Å². The van der Waals surface area contributed by atoms with Crippen LogP contribution in [0.15, 0.2) is 24.3 Å². The Morgan fingerprint density at radius 1 is 0.508 bits per heavy atom. The predicted octanol–water partition coefficient (Wildman–Crippen LogP) is 11.3. The molecule has 6 unspecified atom stereocenters. The molecule has 0 radical (unpaired) electrons. The molecule has 0 heterocycles. The number of aliphatic hydroxyl groups excluding tert-OH is 5. The highest BCUT2D eigenvalue weighted by atomic mass is 31.2. The number of carbonyl (C=O) groups is 1. The molecule has 0 aliphatic heterocycles. The average Bonchev–Trinajstić information content (AvgIpc) is 3.27. The van der Waals surface area contributed by atoms with Crippen molar-refractivity contribution in [1.29, 1.82) is 0 Å². The van der Waals surface area contributed by atoms with Crippen molar-refractivity contribution in [3.8, 4) is 0 Å². The summed E-state index contributed by atoms with van der Waals surface area (Å²) >= 11 is 0. The molecule has 1 aliphatic rings. The maximum Gasteiger partial charge on any atom is 0.472 e. The number of phosphoric acid groups is 1. The van der Waals surface area contributed by atoms with Gasteiger partial charge in [-0.15, -0.1) is 0 Å². The molecule has 0 aromatic rings. The number of hydrogen-bond acceptors (Lipinski definition) is 11. The first-order chi connectivity index (χ1) is 30.5. The number of esters is 1. The number of rotatable bonds is 44. The summed E-state index contributed by atoms with van der Waals surface area (Å²) in [5.74, 6) is -0.477. The molecule has 13 heteroatoms. The quantitative estimate of drug-likeness (QED) is 0.0147. The van der Waals surface area contributed by atoms with Crippen LogP contribution in [-0.2, 0) is 27.9 Å². The number of unbranched alkanes of at least 4 members (excludes halogenated alkanes) is 28. The number of phosphoric ester groups is 1. The van der Waals surface area contributed by atoms with Crippen molar-refractivity contribution in [1.82, 2.24) is 0 Å². The Kier molecular flexibility index (Phi) is 39.0. The second kappa shape index (κ2) is 41.0. The first-order valence-electron chi connectivity index (χ1n) is 25.7. The topological polar surface area (TPSA) is 192 Å². The van der Waals surface area contributed by atoms with Gasteiger partial charge in [0.1, 0.15) is 42.7 Å². The fraction of sp³-hybridized carbons (Fsp3) is 0.900. The molecule has 0 bridgehead atoms. The lowest BCUT2D eigenvalue weighted by atomic mass is 9.85. The van der Waals surface area contributed by atoms with Crippen molar-refractivity contribution in [2.45, 2.75) is 268 Å². The Hall–Kier alpha value is -1.18. The predicted molar refractivity (Wildman–Crippen MR) is 253 cm³/mol. The number of ether oxygens (including phenoxy) is 2. The standard InChI is InChI=1S/C50H95O12P/c1-3-5-7-9-11-13-15-17-19-21-22-23-25-27-29-31-33-35-37-39-44(51)61-43(42-60-63(57,58)62-50-48(55)46(53)45(52)47(54)49(50)56)41-59-40-38-36-34-32-30-28-26-24-20-18-16-14-12-10-8-6-4-2/h14,16,20,24,43,45-50,52-56H,3-13,15,17-19,21-23,25-42H2,1-2H3,(H,57,58)/b16-14-,24-20-. The molecule has 1 rings (SSSR count). The van der Waals surface area contributed by atoms with Crippen molar-refractivity contribution in [2.24, 2.45) is 0 Å². The van der Waals surface area contributed by atoms with Crippen LogP contribution >= 0.6 is 7.82 Å². The van der Waals surface area contributed by atoms with E-state index in [0.717, 1.165) is 57.8 Å². The number of hydrogen-bond donors (Lipinski definition) is 6. The molecule has 0 aromatic carbocycles. The zero-order valence-electron chi connectivity index (χ0n) is 39.9. The van der Waals surface area contributed by atoms with Crippen molar-refractivity contribution in [3.63, 3.8) is 0 Å². The summed E-state index contributed by atoms with van der Waals surface area (Å²) in [6.07, 6.45) is 35.3. The summed E-state index contributed by atoms with van der Waals surface area (Å²) in [4.78, 5) is 23.2. The van der Waals surface area contributed by atoms with Crippen LogP contribution in [0.5, 0.6) is 0 Å². The van der Waals surface area contributed by atoms with E-state index >= 15 is 0 Å². The van der Waals surface area contributed by atoms with Gasteiger partial charge in [-0.3, -0.25) is 13.8 Å². The Morgan fingerprint density at radius 3 is 1.35 bits per heavy atom. The van der Waals surface area contributed by atoms with Crippen LogP contribution in [0.1, 0.15) is 226 Å². The summed E-state index contributed by atoms with van der Waals surface area (Å²) in [6.45, 7) is 4.26. The van der Waals surface area contributed by atoms with Crippen LogP contribution in [0.4, 0.5) is 0 Å². The third-order valence-corrected chi connectivity index (χ3v) is 13.1. The largest absolute Gasteiger partial charge is 0.472 e. The van der Waals surface area contributed by atoms with Crippen LogP contribution in [0.25, 0.3) is 0 Å². The second-order valence-electron chi connectivity index (χ2n) is 18.0. The van der Waals surface area contributed by atoms with E-state index in [1.54, 1.807) is 0 Å². The molecule has 0 amide bonds. The van der Waals surface area contributed by atoms with Gasteiger partial charge >= 0.3 is 13.8 Å². The summed E-state index contributed by atoms with van der Waals surface area (Å²) in [5, 5.41) is 50.3. The van der Waals surface area contributed by atoms with E-state index in [4.69, 9.17) is 18.5 Å². The minimum atomic E-state index is -5.02. The van der Waals surface area contributed by atoms with Crippen LogP contribution in [-0.4, -0.2) is 98.9 Å². The lowest BCUT2D eigenvalue weighted by Crippen LogP contribution is -2.64. The van der Waals surface area contributed by atoms with Crippen LogP contribution < -0.4 is 0 Å². The maximum atomic E-state index is 12.8. The molecule has 1 saturated carbocycles. The average molecular weight is 919 g/mol. The van der Waals surface area contributed by atoms with Gasteiger partial charge in [0.25, 0.3) is 0 Å². The zero-order valence-corrected chi connectivity index (χ0v) is 40.8. The third-order valence-electron chi connectivity index (χ3n) is 12.1. The Morgan fingerprint density at radius 2 is 0.889 bits per heavy atom. The third kappa shape index (κ3) is 33.0. The van der Waals surface area contributed by atoms with Crippen molar-refractivity contribution in [2.75, 3.05) is 19.8 Å². The summed E-state index contributed by atoms with van der Waals surface area (Å²) in [5.41, 5.74) is 0. The van der Waals surface area contributed by atoms with E-state index in [9.17, 15) is 39.8 Å². The second-order valence-corrected chi connectivity index (χ2v) is 19.4. The molecule has 372 valence electrons. The van der Waals surface area contributed by atoms with E-state index in [1.807, 2.05) is 0 Å². The van der Waals surface area contributed by atoms with Gasteiger partial charge in [0.05, 0.1) is 13.2 Å². The zero-order chi connectivity index (χ0) is 46.2. The Bertz CT molecular complexity index is 1140. The maximum absolute atomic E-state index is 12.8. The minimum absolute atomic E-state index is 0.0797. The van der Waals surface area contributed by atoms with Gasteiger partial charge in [0.15, 0.2) is 0 Å². The lowest BCUT2D eigenvalue weighted by Gasteiger charge is -2.41. The Labute approximate surface area is 383 Å². The van der Waals surface area contributed by atoms with Gasteiger partial charge < -0.3 is 39.9 Å². The van der Waals surface area contributed by atoms with Crippen molar-refractivity contribution >= 4 is 13.8 Å². The van der Waals surface area contributed by atoms with E-state index in [-0.39, 0.29) is 13.0 Å². The number of allylic oxidation sites excluding steroid dienone is 4. The normalized spacial score (nSPS) is 22.0. The molecular weight excluding hydrogens is 824 g/mol. The van der Waals surface area contributed by atoms with Gasteiger partial charge in [0, 0.05) is 13.0 Å². The van der Waals surface area contributed by atoms with Gasteiger partial charge in [-0.1, -0.05) is 199 Å². The molecule has 1 fully saturated rings. The molecule has 6 atom stereocenters. The Balaban J connectivity index is 2.34. The molecule has 0 aromatic heterocycles. The van der Waals surface area contributed by atoms with Crippen LogP contribution in [0, 0.1) is 0 Å². The number of carbonyl (C=O) groups excluding carboxylic acids is 1. The highest BCUT2D eigenvalue weighted by Crippen LogP contribution is 2.47. The van der Waals surface area contributed by atoms with Gasteiger partial charge in [-0.25, -0.2) is 4.57 Å². The van der Waals surface area contributed by atoms with Gasteiger partial charge in [-0.05, 0) is 44.9 Å². The highest BCUT2D eigenvalue weighted by molar-refractivity contribution is 7.47. The van der Waals surface area contributed by atoms with E-state index in [2.05, 4.69) is 38.2 Å². The minimum Gasteiger partial charge on any atom is -0.457 e. The first kappa shape index (κ1) is 59.8. The van der Waals surface area contributed by atoms with Gasteiger partial charge in [-0.2, -0.15) is 0 Å². The smallest absolute Gasteiger partial charge is 0.457 e. The van der Waals surface area contributed by atoms with Crippen LogP contribution in [0.2, 0.25) is 0 Å². The van der Waals surface area contributed by atoms with E-state index < -0.39 is 63.1 Å². The molecule has 0 spiro atoms.